The van der Waals surface area contributed by atoms with Gasteiger partial charge in [-0.15, -0.1) is 0 Å². The summed E-state index contributed by atoms with van der Waals surface area (Å²) in [5.74, 6) is -0.688. The van der Waals surface area contributed by atoms with Crippen LogP contribution in [0.4, 0.5) is 0 Å². The summed E-state index contributed by atoms with van der Waals surface area (Å²) in [5.41, 5.74) is -0.195. The van der Waals surface area contributed by atoms with E-state index in [9.17, 15) is 45.3 Å². The molecule has 5 saturated carbocycles. The summed E-state index contributed by atoms with van der Waals surface area (Å²) in [7, 11) is 0. The number of fused-ring (bicyclic) bond motifs is 7. The SMILES string of the molecule is C=C(C)[C@@H]1CC[C@@H]2CC[C@]3(C)[C@H](CC[C@@H]4[C@@]5(C)CCC(O[C@@H]6[C@@H](O[C@@H]7OC[C@@H](O)[C@H](O)[C@H]7O)[C@H](O)[C@@H](C(=O)O)O[C@H]6O)C(C)(C)[C@@H]5CC(C(=O)O)[C@]43C)[C@H]21. The molecule has 7 rings (SSSR count). The smallest absolute Gasteiger partial charge is 0.335 e. The van der Waals surface area contributed by atoms with Crippen LogP contribution in [0.15, 0.2) is 12.2 Å². The van der Waals surface area contributed by atoms with Crippen LogP contribution in [0.1, 0.15) is 99.3 Å². The van der Waals surface area contributed by atoms with Crippen molar-refractivity contribution in [3.8, 4) is 0 Å². The number of hydrogen-bond donors (Lipinski definition) is 7. The van der Waals surface area contributed by atoms with Crippen molar-refractivity contribution in [2.24, 2.45) is 63.1 Å². The lowest BCUT2D eigenvalue weighted by molar-refractivity contribution is -0.355. The molecule has 7 fully saturated rings. The van der Waals surface area contributed by atoms with Gasteiger partial charge in [-0.05, 0) is 122 Å². The van der Waals surface area contributed by atoms with E-state index in [2.05, 4.69) is 48.1 Å². The van der Waals surface area contributed by atoms with Crippen LogP contribution in [0.2, 0.25) is 0 Å². The van der Waals surface area contributed by atoms with Gasteiger partial charge in [-0.2, -0.15) is 0 Å². The van der Waals surface area contributed by atoms with E-state index < -0.39 is 96.7 Å². The normalized spacial score (nSPS) is 54.0. The Hall–Kier alpha value is -1.68. The van der Waals surface area contributed by atoms with Crippen molar-refractivity contribution in [3.05, 3.63) is 12.2 Å². The predicted molar refractivity (Wildman–Crippen MR) is 192 cm³/mol. The number of ether oxygens (including phenoxy) is 4. The van der Waals surface area contributed by atoms with Crippen molar-refractivity contribution >= 4 is 11.9 Å². The molecule has 0 aromatic rings. The van der Waals surface area contributed by atoms with Gasteiger partial charge in [0.05, 0.1) is 18.6 Å². The zero-order chi connectivity index (χ0) is 39.4. The third-order valence-electron chi connectivity index (χ3n) is 17.1. The molecule has 2 heterocycles. The summed E-state index contributed by atoms with van der Waals surface area (Å²) in [6.07, 6.45) is -7.21. The fourth-order valence-corrected chi connectivity index (χ4v) is 14.3. The molecule has 2 aliphatic heterocycles. The number of hydrogen-bond acceptors (Lipinski definition) is 11. The zero-order valence-corrected chi connectivity index (χ0v) is 32.7. The largest absolute Gasteiger partial charge is 0.481 e. The maximum absolute atomic E-state index is 13.6. The van der Waals surface area contributed by atoms with E-state index in [1.54, 1.807) is 0 Å². The average Bonchev–Trinajstić information content (AvgIpc) is 3.53. The lowest BCUT2D eigenvalue weighted by Crippen LogP contribution is -2.70. The maximum atomic E-state index is 13.6. The minimum Gasteiger partial charge on any atom is -0.481 e. The molecule has 2 unspecified atom stereocenters. The lowest BCUT2D eigenvalue weighted by Gasteiger charge is -2.73. The summed E-state index contributed by atoms with van der Waals surface area (Å²) >= 11 is 0. The molecular formula is C41H64O13. The number of carbonyl (C=O) groups is 2. The van der Waals surface area contributed by atoms with Gasteiger partial charge in [0, 0.05) is 0 Å². The third kappa shape index (κ3) is 5.88. The van der Waals surface area contributed by atoms with E-state index in [1.807, 2.05) is 0 Å². The van der Waals surface area contributed by atoms with Crippen molar-refractivity contribution < 1.29 is 64.3 Å². The first-order valence-corrected chi connectivity index (χ1v) is 20.3. The zero-order valence-electron chi connectivity index (χ0n) is 32.7. The Morgan fingerprint density at radius 2 is 1.48 bits per heavy atom. The topological polar surface area (TPSA) is 213 Å². The Balaban J connectivity index is 1.18. The van der Waals surface area contributed by atoms with E-state index in [0.29, 0.717) is 36.5 Å². The molecule has 5 aliphatic carbocycles. The lowest BCUT2D eigenvalue weighted by atomic mass is 9.31. The van der Waals surface area contributed by atoms with Crippen LogP contribution in [0.25, 0.3) is 0 Å². The van der Waals surface area contributed by atoms with Crippen LogP contribution < -0.4 is 0 Å². The molecule has 20 atom stereocenters. The Labute approximate surface area is 318 Å². The summed E-state index contributed by atoms with van der Waals surface area (Å²) in [5, 5.41) is 74.3. The van der Waals surface area contributed by atoms with Crippen LogP contribution in [0, 0.1) is 63.1 Å². The Morgan fingerprint density at radius 3 is 2.13 bits per heavy atom. The second kappa shape index (κ2) is 14.0. The average molecular weight is 765 g/mol. The molecular weight excluding hydrogens is 700 g/mol. The molecule has 13 heteroatoms. The van der Waals surface area contributed by atoms with Crippen molar-refractivity contribution in [2.45, 2.75) is 161 Å². The third-order valence-corrected chi connectivity index (χ3v) is 17.1. The highest BCUT2D eigenvalue weighted by atomic mass is 16.7. The summed E-state index contributed by atoms with van der Waals surface area (Å²) in [4.78, 5) is 25.7. The van der Waals surface area contributed by atoms with Gasteiger partial charge in [0.15, 0.2) is 18.7 Å². The molecule has 54 heavy (non-hydrogen) atoms. The van der Waals surface area contributed by atoms with Crippen LogP contribution >= 0.6 is 0 Å². The Bertz CT molecular complexity index is 1470. The summed E-state index contributed by atoms with van der Waals surface area (Å²) in [6, 6.07) is 0. The molecule has 0 amide bonds. The van der Waals surface area contributed by atoms with E-state index >= 15 is 0 Å². The van der Waals surface area contributed by atoms with Gasteiger partial charge in [-0.3, -0.25) is 4.79 Å². The first-order valence-electron chi connectivity index (χ1n) is 20.3. The molecule has 0 aromatic heterocycles. The van der Waals surface area contributed by atoms with Crippen molar-refractivity contribution in [1.82, 2.24) is 0 Å². The Morgan fingerprint density at radius 1 is 0.778 bits per heavy atom. The fourth-order valence-electron chi connectivity index (χ4n) is 14.3. The molecule has 0 bridgehead atoms. The molecule has 13 nitrogen and oxygen atoms in total. The highest BCUT2D eigenvalue weighted by Gasteiger charge is 2.73. The van der Waals surface area contributed by atoms with Gasteiger partial charge >= 0.3 is 11.9 Å². The molecule has 306 valence electrons. The highest BCUT2D eigenvalue weighted by molar-refractivity contribution is 5.73. The first kappa shape index (κ1) is 40.5. The minimum absolute atomic E-state index is 0.0908. The monoisotopic (exact) mass is 764 g/mol. The number of allylic oxidation sites excluding steroid dienone is 1. The molecule has 0 spiro atoms. The molecule has 7 aliphatic rings. The van der Waals surface area contributed by atoms with Gasteiger partial charge in [0.2, 0.25) is 0 Å². The molecule has 0 radical (unpaired) electrons. The predicted octanol–water partition coefficient (Wildman–Crippen LogP) is 3.33. The maximum Gasteiger partial charge on any atom is 0.335 e. The molecule has 7 N–H and O–H groups in total. The van der Waals surface area contributed by atoms with Gasteiger partial charge < -0.3 is 54.7 Å². The fraction of sp³-hybridized carbons (Fsp3) is 0.902. The molecule has 0 aromatic carbocycles. The highest BCUT2D eigenvalue weighted by Crippen LogP contribution is 2.77. The van der Waals surface area contributed by atoms with Gasteiger partial charge in [-0.25, -0.2) is 4.79 Å². The standard InChI is InChI=1S/C41H64O13/c1-18(2)20-9-8-19-12-15-40(6)21(27(19)20)10-11-24-39(5)14-13-26(38(3,4)25(39)16-22(34(46)47)41(24,40)7)52-33-31(30(45)32(35(48)49)53-36(33)50)54-37-29(44)28(43)23(42)17-51-37/h19-33,36-37,42-45,50H,1,8-17H2,2-7H3,(H,46,47)(H,48,49)/t19-,20+,21-,22?,23-,24-,25+,26?,27-,28+,29-,30+,31+,32+,33-,36-,37+,39-,40-,41-/m1/s1. The summed E-state index contributed by atoms with van der Waals surface area (Å²) < 4.78 is 23.4. The van der Waals surface area contributed by atoms with Crippen molar-refractivity contribution in [3.63, 3.8) is 0 Å². The Kier molecular flexibility index (Phi) is 10.5. The van der Waals surface area contributed by atoms with Crippen molar-refractivity contribution in [1.29, 1.82) is 0 Å². The van der Waals surface area contributed by atoms with E-state index in [1.165, 1.54) is 18.4 Å². The van der Waals surface area contributed by atoms with E-state index in [4.69, 9.17) is 18.9 Å². The van der Waals surface area contributed by atoms with Crippen LogP contribution in [0.3, 0.4) is 0 Å². The number of carboxylic acids is 2. The van der Waals surface area contributed by atoms with Crippen molar-refractivity contribution in [2.75, 3.05) is 6.61 Å². The van der Waals surface area contributed by atoms with Gasteiger partial charge in [0.1, 0.15) is 36.6 Å². The van der Waals surface area contributed by atoms with Crippen LogP contribution in [-0.4, -0.2) is 116 Å². The number of aliphatic hydroxyl groups excluding tert-OH is 5. The van der Waals surface area contributed by atoms with E-state index in [0.717, 1.165) is 32.1 Å². The number of aliphatic carboxylic acids is 2. The van der Waals surface area contributed by atoms with E-state index in [-0.39, 0.29) is 22.7 Å². The number of aliphatic hydroxyl groups is 5. The van der Waals surface area contributed by atoms with Gasteiger partial charge in [-0.1, -0.05) is 46.8 Å². The number of carboxylic acid groups (broad SMARTS) is 2. The van der Waals surface area contributed by atoms with Crippen LogP contribution in [-0.2, 0) is 28.5 Å². The van der Waals surface area contributed by atoms with Crippen LogP contribution in [0.5, 0.6) is 0 Å². The second-order valence-corrected chi connectivity index (χ2v) is 19.6. The summed E-state index contributed by atoms with van der Waals surface area (Å²) in [6.45, 7) is 17.4. The first-order chi connectivity index (χ1) is 25.2. The van der Waals surface area contributed by atoms with Gasteiger partial charge in [0.25, 0.3) is 0 Å². The second-order valence-electron chi connectivity index (χ2n) is 19.6. The molecule has 2 saturated heterocycles. The minimum atomic E-state index is -1.89. The quantitative estimate of drug-likeness (QED) is 0.186. The number of rotatable bonds is 7.